The lowest BCUT2D eigenvalue weighted by Gasteiger charge is -2.21. The van der Waals surface area contributed by atoms with Crippen LogP contribution in [0.5, 0.6) is 0 Å². The van der Waals surface area contributed by atoms with E-state index >= 15 is 0 Å². The van der Waals surface area contributed by atoms with E-state index in [4.69, 9.17) is 0 Å². The van der Waals surface area contributed by atoms with Crippen molar-refractivity contribution in [3.05, 3.63) is 36.4 Å². The van der Waals surface area contributed by atoms with Gasteiger partial charge in [-0.3, -0.25) is 19.7 Å². The van der Waals surface area contributed by atoms with E-state index in [1.165, 1.54) is 0 Å². The van der Waals surface area contributed by atoms with Gasteiger partial charge in [0.15, 0.2) is 0 Å². The van der Waals surface area contributed by atoms with Crippen LogP contribution in [0, 0.1) is 5.92 Å². The van der Waals surface area contributed by atoms with E-state index in [2.05, 4.69) is 15.2 Å². The van der Waals surface area contributed by atoms with Crippen LogP contribution in [0.2, 0.25) is 0 Å². The van der Waals surface area contributed by atoms with Gasteiger partial charge in [0.05, 0.1) is 29.7 Å². The molecule has 1 saturated heterocycles. The van der Waals surface area contributed by atoms with E-state index < -0.39 is 0 Å². The fourth-order valence-electron chi connectivity index (χ4n) is 3.19. The minimum Gasteiger partial charge on any atom is -0.310 e. The molecule has 2 aromatic rings. The molecule has 0 spiro atoms. The molecule has 0 radical (unpaired) electrons. The summed E-state index contributed by atoms with van der Waals surface area (Å²) in [4.78, 5) is 32.4. The third kappa shape index (κ3) is 1.97. The highest BCUT2D eigenvalue weighted by molar-refractivity contribution is 6.05. The summed E-state index contributed by atoms with van der Waals surface area (Å²) in [6.45, 7) is 1.07. The van der Waals surface area contributed by atoms with Crippen molar-refractivity contribution in [2.24, 2.45) is 5.92 Å². The van der Waals surface area contributed by atoms with Gasteiger partial charge in [-0.15, -0.1) is 0 Å². The average molecular weight is 297 g/mol. The smallest absolute Gasteiger partial charge is 0.232 e. The maximum absolute atomic E-state index is 12.8. The van der Waals surface area contributed by atoms with E-state index in [1.54, 1.807) is 34.6 Å². The summed E-state index contributed by atoms with van der Waals surface area (Å²) in [5, 5.41) is 6.55. The normalized spacial score (nSPS) is 20.5. The number of rotatable bonds is 2. The van der Waals surface area contributed by atoms with Crippen molar-refractivity contribution in [3.63, 3.8) is 0 Å². The van der Waals surface area contributed by atoms with Crippen molar-refractivity contribution in [1.29, 1.82) is 0 Å². The number of nitrogens with zero attached hydrogens (tertiary/aromatic N) is 4. The highest BCUT2D eigenvalue weighted by Crippen LogP contribution is 2.31. The van der Waals surface area contributed by atoms with Gasteiger partial charge in [0.1, 0.15) is 0 Å². The van der Waals surface area contributed by atoms with Gasteiger partial charge >= 0.3 is 0 Å². The number of H-pyrrole nitrogens is 1. The summed E-state index contributed by atoms with van der Waals surface area (Å²) < 4.78 is 0. The molecule has 2 aliphatic heterocycles. The van der Waals surface area contributed by atoms with Crippen LogP contribution in [0.15, 0.2) is 30.9 Å². The Hall–Kier alpha value is -2.70. The topological polar surface area (TPSA) is 82.2 Å². The van der Waals surface area contributed by atoms with Crippen molar-refractivity contribution in [2.75, 3.05) is 22.9 Å². The molecule has 1 atom stereocenters. The number of amides is 2. The van der Waals surface area contributed by atoms with Crippen LogP contribution in [0.3, 0.4) is 0 Å². The number of nitrogens with one attached hydrogen (secondary N) is 1. The molecule has 2 aromatic heterocycles. The number of aromatic amines is 1. The minimum atomic E-state index is -0.312. The number of fused-ring (bicyclic) bond motifs is 1. The van der Waals surface area contributed by atoms with Crippen LogP contribution in [-0.2, 0) is 16.0 Å². The molecule has 0 aliphatic carbocycles. The molecule has 2 amide bonds. The number of carbonyl (C=O) groups excluding carboxylic acids is 2. The lowest BCUT2D eigenvalue weighted by molar-refractivity contribution is -0.124. The van der Waals surface area contributed by atoms with Crippen LogP contribution in [0.4, 0.5) is 11.4 Å². The fraction of sp³-hybridized carbons (Fsp3) is 0.333. The second kappa shape index (κ2) is 4.94. The predicted octanol–water partition coefficient (Wildman–Crippen LogP) is 0.747. The van der Waals surface area contributed by atoms with Gasteiger partial charge in [0, 0.05) is 31.9 Å². The SMILES string of the molecule is O=C1CC(C(=O)N2CCc3ccncc32)CN1c1cn[nH]c1. The molecule has 2 aliphatic rings. The number of hydrogen-bond donors (Lipinski definition) is 1. The zero-order valence-corrected chi connectivity index (χ0v) is 11.9. The Bertz CT molecular complexity index is 727. The minimum absolute atomic E-state index is 0.00564. The molecule has 1 fully saturated rings. The largest absolute Gasteiger partial charge is 0.310 e. The molecule has 7 nitrogen and oxygen atoms in total. The Balaban J connectivity index is 1.54. The molecule has 7 heteroatoms. The van der Waals surface area contributed by atoms with E-state index in [0.717, 1.165) is 17.7 Å². The highest BCUT2D eigenvalue weighted by Gasteiger charge is 2.39. The molecular formula is C15H15N5O2. The Morgan fingerprint density at radius 2 is 2.27 bits per heavy atom. The first-order valence-corrected chi connectivity index (χ1v) is 7.27. The Morgan fingerprint density at radius 1 is 1.36 bits per heavy atom. The third-order valence-corrected chi connectivity index (χ3v) is 4.32. The maximum atomic E-state index is 12.8. The Kier molecular flexibility index (Phi) is 2.92. The lowest BCUT2D eigenvalue weighted by atomic mass is 10.1. The van der Waals surface area contributed by atoms with Crippen molar-refractivity contribution >= 4 is 23.2 Å². The van der Waals surface area contributed by atoms with Gasteiger partial charge in [-0.2, -0.15) is 5.10 Å². The van der Waals surface area contributed by atoms with Gasteiger partial charge in [-0.05, 0) is 18.1 Å². The first kappa shape index (κ1) is 13.0. The van der Waals surface area contributed by atoms with Crippen LogP contribution in [-0.4, -0.2) is 40.1 Å². The third-order valence-electron chi connectivity index (χ3n) is 4.32. The molecular weight excluding hydrogens is 282 g/mol. The highest BCUT2D eigenvalue weighted by atomic mass is 16.2. The second-order valence-electron chi connectivity index (χ2n) is 5.61. The molecule has 4 heterocycles. The summed E-state index contributed by atoms with van der Waals surface area (Å²) in [5.41, 5.74) is 2.73. The van der Waals surface area contributed by atoms with Crippen molar-refractivity contribution < 1.29 is 9.59 Å². The van der Waals surface area contributed by atoms with Crippen LogP contribution < -0.4 is 9.80 Å². The summed E-state index contributed by atoms with van der Waals surface area (Å²) >= 11 is 0. The molecule has 1 unspecified atom stereocenters. The zero-order chi connectivity index (χ0) is 15.1. The lowest BCUT2D eigenvalue weighted by Crippen LogP contribution is -2.36. The average Bonchev–Trinajstić information content (AvgIpc) is 3.25. The van der Waals surface area contributed by atoms with E-state index in [-0.39, 0.29) is 24.2 Å². The zero-order valence-electron chi connectivity index (χ0n) is 11.9. The molecule has 1 N–H and O–H groups in total. The van der Waals surface area contributed by atoms with Gasteiger partial charge < -0.3 is 9.80 Å². The summed E-state index contributed by atoms with van der Waals surface area (Å²) in [6.07, 6.45) is 7.82. The number of hydrogen-bond acceptors (Lipinski definition) is 4. The number of anilines is 2. The quantitative estimate of drug-likeness (QED) is 0.886. The van der Waals surface area contributed by atoms with Crippen molar-refractivity contribution in [1.82, 2.24) is 15.2 Å². The van der Waals surface area contributed by atoms with Gasteiger partial charge in [-0.1, -0.05) is 0 Å². The molecule has 0 aromatic carbocycles. The maximum Gasteiger partial charge on any atom is 0.232 e. The number of pyridine rings is 1. The molecule has 0 saturated carbocycles. The predicted molar refractivity (Wildman–Crippen MR) is 79.3 cm³/mol. The molecule has 4 rings (SSSR count). The summed E-state index contributed by atoms with van der Waals surface area (Å²) in [6, 6.07) is 1.94. The fourth-order valence-corrected chi connectivity index (χ4v) is 3.19. The molecule has 22 heavy (non-hydrogen) atoms. The van der Waals surface area contributed by atoms with Crippen molar-refractivity contribution in [3.8, 4) is 0 Å². The summed E-state index contributed by atoms with van der Waals surface area (Å²) in [5.74, 6) is -0.343. The van der Waals surface area contributed by atoms with E-state index in [0.29, 0.717) is 18.8 Å². The molecule has 0 bridgehead atoms. The second-order valence-corrected chi connectivity index (χ2v) is 5.61. The van der Waals surface area contributed by atoms with Gasteiger partial charge in [0.25, 0.3) is 0 Å². The standard InChI is InChI=1S/C15H15N5O2/c21-14-5-11(9-20(14)12-6-17-18-7-12)15(22)19-4-2-10-1-3-16-8-13(10)19/h1,3,6-8,11H,2,4-5,9H2,(H,17,18). The first-order chi connectivity index (χ1) is 10.7. The van der Waals surface area contributed by atoms with Crippen LogP contribution in [0.1, 0.15) is 12.0 Å². The van der Waals surface area contributed by atoms with Gasteiger partial charge in [0.2, 0.25) is 11.8 Å². The Labute approximate surface area is 126 Å². The molecule has 112 valence electrons. The monoisotopic (exact) mass is 297 g/mol. The summed E-state index contributed by atoms with van der Waals surface area (Å²) in [7, 11) is 0. The van der Waals surface area contributed by atoms with Crippen LogP contribution >= 0.6 is 0 Å². The van der Waals surface area contributed by atoms with Crippen LogP contribution in [0.25, 0.3) is 0 Å². The van der Waals surface area contributed by atoms with E-state index in [1.807, 2.05) is 6.07 Å². The van der Waals surface area contributed by atoms with Gasteiger partial charge in [-0.25, -0.2) is 0 Å². The van der Waals surface area contributed by atoms with E-state index in [9.17, 15) is 9.59 Å². The number of aromatic nitrogens is 3. The first-order valence-electron chi connectivity index (χ1n) is 7.27. The van der Waals surface area contributed by atoms with Crippen molar-refractivity contribution in [2.45, 2.75) is 12.8 Å². The number of carbonyl (C=O) groups is 2. The Morgan fingerprint density at radius 3 is 3.09 bits per heavy atom.